The summed E-state index contributed by atoms with van der Waals surface area (Å²) in [6.07, 6.45) is 8.80. The Kier molecular flexibility index (Phi) is 7.27. The van der Waals surface area contributed by atoms with Crippen molar-refractivity contribution in [1.82, 2.24) is 4.90 Å². The Balaban J connectivity index is 4.21. The van der Waals surface area contributed by atoms with Crippen molar-refractivity contribution in [3.8, 4) is 0 Å². The van der Waals surface area contributed by atoms with E-state index in [2.05, 4.69) is 58.5 Å². The monoisotopic (exact) mass is 315 g/mol. The van der Waals surface area contributed by atoms with E-state index < -0.39 is 18.4 Å². The Labute approximate surface area is 99.4 Å². The van der Waals surface area contributed by atoms with Crippen molar-refractivity contribution in [2.75, 3.05) is 20.1 Å². The van der Waals surface area contributed by atoms with E-state index in [1.54, 1.807) is 3.59 Å². The van der Waals surface area contributed by atoms with E-state index >= 15 is 0 Å². The third kappa shape index (κ3) is 6.96. The van der Waals surface area contributed by atoms with E-state index in [1.165, 1.54) is 0 Å². The van der Waals surface area contributed by atoms with Gasteiger partial charge in [-0.15, -0.1) is 0 Å². The molecule has 0 unspecified atom stereocenters. The molecule has 0 amide bonds. The molecule has 0 aliphatic heterocycles. The molecule has 15 heavy (non-hydrogen) atoms. The van der Waals surface area contributed by atoms with Crippen LogP contribution in [0.2, 0.25) is 14.8 Å². The normalized spacial score (nSPS) is 13.9. The first-order chi connectivity index (χ1) is 6.91. The summed E-state index contributed by atoms with van der Waals surface area (Å²) >= 11 is -1.85. The van der Waals surface area contributed by atoms with Crippen molar-refractivity contribution >= 4 is 18.4 Å². The fourth-order valence-electron chi connectivity index (χ4n) is 1.43. The minimum atomic E-state index is -1.85. The van der Waals surface area contributed by atoms with Crippen LogP contribution in [0, 0.1) is 0 Å². The van der Waals surface area contributed by atoms with Gasteiger partial charge in [-0.2, -0.15) is 0 Å². The number of hydrogen-bond donors (Lipinski definition) is 0. The van der Waals surface area contributed by atoms with Gasteiger partial charge in [-0.1, -0.05) is 0 Å². The van der Waals surface area contributed by atoms with Crippen LogP contribution >= 0.6 is 0 Å². The van der Waals surface area contributed by atoms with Gasteiger partial charge in [-0.3, -0.25) is 0 Å². The van der Waals surface area contributed by atoms with Crippen molar-refractivity contribution in [2.24, 2.45) is 0 Å². The van der Waals surface area contributed by atoms with Gasteiger partial charge in [0.2, 0.25) is 0 Å². The first kappa shape index (κ1) is 15.0. The Morgan fingerprint density at radius 3 is 2.27 bits per heavy atom. The topological polar surface area (TPSA) is 3.24 Å². The van der Waals surface area contributed by atoms with Gasteiger partial charge in [0.05, 0.1) is 0 Å². The first-order valence-corrected chi connectivity index (χ1v) is 15.5. The summed E-state index contributed by atoms with van der Waals surface area (Å²) in [4.78, 5) is 9.58. The second-order valence-corrected chi connectivity index (χ2v) is 19.4. The maximum absolute atomic E-state index is 3.73. The van der Waals surface area contributed by atoms with Crippen molar-refractivity contribution in [3.63, 3.8) is 0 Å². The summed E-state index contributed by atoms with van der Waals surface area (Å²) in [6, 6.07) is 0. The average Bonchev–Trinajstić information content (AvgIpc) is 2.10. The van der Waals surface area contributed by atoms with Crippen LogP contribution in [-0.4, -0.2) is 43.4 Å². The molecule has 0 atom stereocenters. The second-order valence-electron chi connectivity index (χ2n) is 4.91. The molecule has 2 heteroatoms. The molecule has 0 fully saturated rings. The van der Waals surface area contributed by atoms with Crippen LogP contribution in [0.3, 0.4) is 0 Å². The van der Waals surface area contributed by atoms with Crippen molar-refractivity contribution < 1.29 is 0 Å². The Bertz CT molecular complexity index is 246. The summed E-state index contributed by atoms with van der Waals surface area (Å²) in [6.45, 7) is 7.84. The van der Waals surface area contributed by atoms with Crippen molar-refractivity contribution in [2.45, 2.75) is 21.7 Å². The summed E-state index contributed by atoms with van der Waals surface area (Å²) in [5.41, 5.74) is 0. The van der Waals surface area contributed by atoms with Crippen LogP contribution in [0.25, 0.3) is 0 Å². The summed E-state index contributed by atoms with van der Waals surface area (Å²) < 4.78 is 1.59. The molecule has 0 N–H and O–H groups in total. The van der Waals surface area contributed by atoms with Gasteiger partial charge in [0, 0.05) is 0 Å². The van der Waals surface area contributed by atoms with Crippen molar-refractivity contribution in [3.05, 3.63) is 34.5 Å². The molecule has 0 spiro atoms. The molecule has 0 aliphatic carbocycles. The van der Waals surface area contributed by atoms with Crippen LogP contribution < -0.4 is 0 Å². The van der Waals surface area contributed by atoms with Gasteiger partial charge in [0.1, 0.15) is 0 Å². The molecule has 0 heterocycles. The molecule has 1 nitrogen and oxygen atoms in total. The van der Waals surface area contributed by atoms with E-state index in [0.717, 1.165) is 13.1 Å². The number of nitrogens with zero attached hydrogens (tertiary/aromatic N) is 1. The third-order valence-corrected chi connectivity index (χ3v) is 8.58. The molecular formula is C13H25NSn. The SMILES string of the molecule is C=CCN(C)C/C=C/[C](=C/C)[Sn]([CH3])([CH3])[CH3]. The predicted octanol–water partition coefficient (Wildman–Crippen LogP) is 3.48. The molecule has 0 saturated carbocycles. The van der Waals surface area contributed by atoms with E-state index in [4.69, 9.17) is 0 Å². The fraction of sp³-hybridized carbons (Fsp3) is 0.538. The first-order valence-electron chi connectivity index (χ1n) is 5.54. The molecule has 0 radical (unpaired) electrons. The van der Waals surface area contributed by atoms with Crippen LogP contribution in [-0.2, 0) is 0 Å². The molecule has 86 valence electrons. The average molecular weight is 314 g/mol. The Morgan fingerprint density at radius 2 is 1.87 bits per heavy atom. The molecule has 0 aliphatic rings. The van der Waals surface area contributed by atoms with Crippen molar-refractivity contribution in [1.29, 1.82) is 0 Å². The van der Waals surface area contributed by atoms with Gasteiger partial charge in [0.25, 0.3) is 0 Å². The van der Waals surface area contributed by atoms with Crippen LogP contribution in [0.15, 0.2) is 34.5 Å². The minimum absolute atomic E-state index is 0.953. The predicted molar refractivity (Wildman–Crippen MR) is 73.9 cm³/mol. The van der Waals surface area contributed by atoms with Crippen LogP contribution in [0.5, 0.6) is 0 Å². The zero-order chi connectivity index (χ0) is 11.9. The quantitative estimate of drug-likeness (QED) is 0.412. The molecule has 0 aromatic heterocycles. The summed E-state index contributed by atoms with van der Waals surface area (Å²) in [5.74, 6) is 0. The molecule has 0 aromatic rings. The van der Waals surface area contributed by atoms with E-state index in [0.29, 0.717) is 0 Å². The standard InChI is InChI=1S/C10H16N.3CH3.Sn/c1-4-6-7-8-10-11(3)9-5-2;;;;/h4-5,7-8H,2,9-10H2,1,3H3;3*1H3;/b6-4?,8-7+;;;;. The Morgan fingerprint density at radius 1 is 1.27 bits per heavy atom. The zero-order valence-electron chi connectivity index (χ0n) is 10.9. The van der Waals surface area contributed by atoms with Gasteiger partial charge >= 0.3 is 99.6 Å². The number of likely N-dealkylation sites (N-methyl/N-ethyl adjacent to an activating group) is 1. The molecule has 0 aromatic carbocycles. The summed E-state index contributed by atoms with van der Waals surface area (Å²) in [5, 5.41) is 0. The molecule has 0 saturated heterocycles. The van der Waals surface area contributed by atoms with Gasteiger partial charge in [-0.05, 0) is 0 Å². The summed E-state index contributed by atoms with van der Waals surface area (Å²) in [7, 11) is 2.11. The molecule has 0 bridgehead atoms. The molecule has 0 rings (SSSR count). The number of allylic oxidation sites excluding steroid dienone is 3. The third-order valence-electron chi connectivity index (χ3n) is 2.33. The van der Waals surface area contributed by atoms with E-state index in [-0.39, 0.29) is 0 Å². The molecular weight excluding hydrogens is 289 g/mol. The van der Waals surface area contributed by atoms with E-state index in [9.17, 15) is 0 Å². The zero-order valence-corrected chi connectivity index (χ0v) is 13.7. The van der Waals surface area contributed by atoms with Gasteiger partial charge in [-0.25, -0.2) is 0 Å². The number of rotatable bonds is 6. The van der Waals surface area contributed by atoms with Gasteiger partial charge in [0.15, 0.2) is 0 Å². The van der Waals surface area contributed by atoms with Crippen LogP contribution in [0.4, 0.5) is 0 Å². The van der Waals surface area contributed by atoms with Gasteiger partial charge < -0.3 is 0 Å². The van der Waals surface area contributed by atoms with Crippen LogP contribution in [0.1, 0.15) is 6.92 Å². The Hall–Kier alpha value is -0.0213. The van der Waals surface area contributed by atoms with E-state index in [1.807, 2.05) is 6.08 Å². The maximum atomic E-state index is 3.73. The fourth-order valence-corrected chi connectivity index (χ4v) is 5.67. The number of hydrogen-bond acceptors (Lipinski definition) is 1. The second kappa shape index (κ2) is 7.28.